The smallest absolute Gasteiger partial charge is 0.0328 e. The van der Waals surface area contributed by atoms with Crippen molar-refractivity contribution in [3.63, 3.8) is 0 Å². The molecule has 0 saturated heterocycles. The summed E-state index contributed by atoms with van der Waals surface area (Å²) in [4.78, 5) is 2.58. The maximum atomic E-state index is 6.12. The van der Waals surface area contributed by atoms with Gasteiger partial charge in [0.15, 0.2) is 0 Å². The van der Waals surface area contributed by atoms with Gasteiger partial charge in [0.1, 0.15) is 0 Å². The first-order valence-corrected chi connectivity index (χ1v) is 7.66. The van der Waals surface area contributed by atoms with Crippen LogP contribution in [0.5, 0.6) is 0 Å². The lowest BCUT2D eigenvalue weighted by Gasteiger charge is -2.43. The van der Waals surface area contributed by atoms with Gasteiger partial charge in [0, 0.05) is 12.1 Å². The van der Waals surface area contributed by atoms with E-state index in [1.165, 1.54) is 70.8 Å². The Hall–Kier alpha value is -0.0800. The summed E-state index contributed by atoms with van der Waals surface area (Å²) in [7, 11) is 2.30. The summed E-state index contributed by atoms with van der Waals surface area (Å²) in [6.07, 6.45) is 13.6. The van der Waals surface area contributed by atoms with Gasteiger partial charge in [-0.3, -0.25) is 4.90 Å². The number of hydrogen-bond acceptors (Lipinski definition) is 2. The number of rotatable bonds is 6. The van der Waals surface area contributed by atoms with E-state index in [9.17, 15) is 0 Å². The van der Waals surface area contributed by atoms with Crippen molar-refractivity contribution in [2.75, 3.05) is 20.1 Å². The summed E-state index contributed by atoms with van der Waals surface area (Å²) in [5.74, 6) is 0. The predicted molar refractivity (Wildman–Crippen MR) is 76.3 cm³/mol. The Morgan fingerprint density at radius 3 is 2.12 bits per heavy atom. The zero-order valence-electron chi connectivity index (χ0n) is 12.0. The minimum atomic E-state index is 0.314. The van der Waals surface area contributed by atoms with E-state index in [0.717, 1.165) is 6.54 Å². The molecule has 0 heterocycles. The van der Waals surface area contributed by atoms with Gasteiger partial charge in [0.25, 0.3) is 0 Å². The van der Waals surface area contributed by atoms with Gasteiger partial charge in [-0.1, -0.05) is 51.9 Å². The fourth-order valence-electron chi connectivity index (χ4n) is 3.14. The molecule has 102 valence electrons. The van der Waals surface area contributed by atoms with Crippen molar-refractivity contribution in [1.29, 1.82) is 0 Å². The summed E-state index contributed by atoms with van der Waals surface area (Å²) in [5, 5.41) is 0. The van der Waals surface area contributed by atoms with Crippen molar-refractivity contribution < 1.29 is 0 Å². The van der Waals surface area contributed by atoms with Crippen LogP contribution in [0.2, 0.25) is 0 Å². The first-order chi connectivity index (χ1) is 8.25. The number of likely N-dealkylation sites (N-methyl/N-ethyl adjacent to an activating group) is 1. The van der Waals surface area contributed by atoms with Gasteiger partial charge in [-0.15, -0.1) is 0 Å². The van der Waals surface area contributed by atoms with Crippen LogP contribution in [-0.4, -0.2) is 30.6 Å². The molecule has 0 aliphatic heterocycles. The summed E-state index contributed by atoms with van der Waals surface area (Å²) in [6.45, 7) is 4.34. The van der Waals surface area contributed by atoms with Crippen molar-refractivity contribution >= 4 is 0 Å². The molecule has 17 heavy (non-hydrogen) atoms. The van der Waals surface area contributed by atoms with Gasteiger partial charge < -0.3 is 5.73 Å². The highest BCUT2D eigenvalue weighted by Gasteiger charge is 2.32. The lowest BCUT2D eigenvalue weighted by Crippen LogP contribution is -2.52. The molecule has 0 radical (unpaired) electrons. The Labute approximate surface area is 108 Å². The third-order valence-electron chi connectivity index (χ3n) is 4.57. The Morgan fingerprint density at radius 1 is 1.00 bits per heavy atom. The molecule has 0 spiro atoms. The highest BCUT2D eigenvalue weighted by atomic mass is 15.2. The molecule has 0 amide bonds. The van der Waals surface area contributed by atoms with Crippen LogP contribution in [0, 0.1) is 0 Å². The van der Waals surface area contributed by atoms with E-state index in [2.05, 4.69) is 18.9 Å². The molecule has 0 unspecified atom stereocenters. The molecular formula is C15H32N2. The fourth-order valence-corrected chi connectivity index (χ4v) is 3.14. The Bertz CT molecular complexity index is 183. The van der Waals surface area contributed by atoms with Gasteiger partial charge in [0.05, 0.1) is 0 Å². The lowest BCUT2D eigenvalue weighted by molar-refractivity contribution is 0.0918. The van der Waals surface area contributed by atoms with E-state index < -0.39 is 0 Å². The van der Waals surface area contributed by atoms with Crippen LogP contribution in [0.3, 0.4) is 0 Å². The number of nitrogens with two attached hydrogens (primary N) is 1. The third kappa shape index (κ3) is 4.59. The van der Waals surface area contributed by atoms with Crippen LogP contribution < -0.4 is 5.73 Å². The molecule has 2 heteroatoms. The molecule has 2 nitrogen and oxygen atoms in total. The standard InChI is InChI=1S/C15H32N2/c1-3-4-10-13-17(2)15(14-16)11-8-6-5-7-9-12-15/h3-14,16H2,1-2H3. The SMILES string of the molecule is CCCCCN(C)C1(CN)CCCCCCC1. The van der Waals surface area contributed by atoms with Gasteiger partial charge in [-0.05, 0) is 32.9 Å². The van der Waals surface area contributed by atoms with Crippen LogP contribution in [0.1, 0.15) is 71.1 Å². The van der Waals surface area contributed by atoms with Crippen molar-refractivity contribution in [2.24, 2.45) is 5.73 Å². The van der Waals surface area contributed by atoms with Gasteiger partial charge in [0.2, 0.25) is 0 Å². The molecule has 0 aromatic carbocycles. The van der Waals surface area contributed by atoms with E-state index >= 15 is 0 Å². The third-order valence-corrected chi connectivity index (χ3v) is 4.57. The van der Waals surface area contributed by atoms with Crippen molar-refractivity contribution in [1.82, 2.24) is 4.90 Å². The zero-order valence-corrected chi connectivity index (χ0v) is 12.0. The van der Waals surface area contributed by atoms with Crippen molar-refractivity contribution in [2.45, 2.75) is 76.7 Å². The molecule has 1 saturated carbocycles. The van der Waals surface area contributed by atoms with Crippen LogP contribution >= 0.6 is 0 Å². The van der Waals surface area contributed by atoms with E-state index in [4.69, 9.17) is 5.73 Å². The Morgan fingerprint density at radius 2 is 1.59 bits per heavy atom. The average Bonchev–Trinajstić information content (AvgIpc) is 2.30. The van der Waals surface area contributed by atoms with Crippen LogP contribution in [0.25, 0.3) is 0 Å². The number of nitrogens with zero attached hydrogens (tertiary/aromatic N) is 1. The van der Waals surface area contributed by atoms with Crippen LogP contribution in [-0.2, 0) is 0 Å². The Balaban J connectivity index is 2.50. The summed E-state index contributed by atoms with van der Waals surface area (Å²) >= 11 is 0. The maximum absolute atomic E-state index is 6.12. The first kappa shape index (κ1) is 15.0. The van der Waals surface area contributed by atoms with Crippen molar-refractivity contribution in [3.8, 4) is 0 Å². The second kappa shape index (κ2) is 8.10. The van der Waals surface area contributed by atoms with Gasteiger partial charge in [-0.25, -0.2) is 0 Å². The molecule has 1 aliphatic rings. The molecule has 1 fully saturated rings. The van der Waals surface area contributed by atoms with Crippen LogP contribution in [0.15, 0.2) is 0 Å². The van der Waals surface area contributed by atoms with E-state index in [-0.39, 0.29) is 0 Å². The second-order valence-corrected chi connectivity index (χ2v) is 5.82. The van der Waals surface area contributed by atoms with Gasteiger partial charge in [-0.2, -0.15) is 0 Å². The quantitative estimate of drug-likeness (QED) is 0.719. The molecule has 0 aromatic heterocycles. The monoisotopic (exact) mass is 240 g/mol. The molecule has 2 N–H and O–H groups in total. The largest absolute Gasteiger partial charge is 0.329 e. The first-order valence-electron chi connectivity index (χ1n) is 7.66. The molecule has 0 atom stereocenters. The molecule has 0 bridgehead atoms. The van der Waals surface area contributed by atoms with E-state index in [1.807, 2.05) is 0 Å². The van der Waals surface area contributed by atoms with Crippen LogP contribution in [0.4, 0.5) is 0 Å². The highest BCUT2D eigenvalue weighted by molar-refractivity contribution is 4.91. The Kier molecular flexibility index (Phi) is 7.14. The molecular weight excluding hydrogens is 208 g/mol. The zero-order chi connectivity index (χ0) is 12.6. The normalized spacial score (nSPS) is 21.2. The minimum Gasteiger partial charge on any atom is -0.329 e. The summed E-state index contributed by atoms with van der Waals surface area (Å²) in [6, 6.07) is 0. The van der Waals surface area contributed by atoms with Gasteiger partial charge >= 0.3 is 0 Å². The summed E-state index contributed by atoms with van der Waals surface area (Å²) in [5.41, 5.74) is 6.44. The second-order valence-electron chi connectivity index (χ2n) is 5.82. The minimum absolute atomic E-state index is 0.314. The number of unbranched alkanes of at least 4 members (excludes halogenated alkanes) is 2. The van der Waals surface area contributed by atoms with E-state index in [0.29, 0.717) is 5.54 Å². The van der Waals surface area contributed by atoms with E-state index in [1.54, 1.807) is 0 Å². The molecule has 0 aromatic rings. The number of hydrogen-bond donors (Lipinski definition) is 1. The average molecular weight is 240 g/mol. The molecule has 1 aliphatic carbocycles. The summed E-state index contributed by atoms with van der Waals surface area (Å²) < 4.78 is 0. The molecule has 1 rings (SSSR count). The fraction of sp³-hybridized carbons (Fsp3) is 1.00. The highest BCUT2D eigenvalue weighted by Crippen LogP contribution is 2.30. The topological polar surface area (TPSA) is 29.3 Å². The van der Waals surface area contributed by atoms with Crippen molar-refractivity contribution in [3.05, 3.63) is 0 Å². The lowest BCUT2D eigenvalue weighted by atomic mass is 9.82. The predicted octanol–water partition coefficient (Wildman–Crippen LogP) is 3.55. The maximum Gasteiger partial charge on any atom is 0.0328 e.